The molecule has 1 aliphatic rings. The molecule has 1 aromatic carbocycles. The number of amides is 3. The van der Waals surface area contributed by atoms with Crippen LogP contribution in [0.5, 0.6) is 11.5 Å². The van der Waals surface area contributed by atoms with Crippen molar-refractivity contribution in [3.8, 4) is 11.5 Å². The lowest BCUT2D eigenvalue weighted by Gasteiger charge is -2.12. The molecule has 1 aliphatic heterocycles. The van der Waals surface area contributed by atoms with Gasteiger partial charge in [-0.05, 0) is 54.6 Å². The van der Waals surface area contributed by atoms with Crippen LogP contribution < -0.4 is 14.8 Å². The van der Waals surface area contributed by atoms with Crippen LogP contribution in [0.2, 0.25) is 0 Å². The van der Waals surface area contributed by atoms with E-state index in [0.717, 1.165) is 28.0 Å². The van der Waals surface area contributed by atoms with Crippen LogP contribution in [0.1, 0.15) is 31.8 Å². The predicted octanol–water partition coefficient (Wildman–Crippen LogP) is 4.03. The number of rotatable bonds is 9. The number of hydrogen-bond acceptors (Lipinski definition) is 8. The second kappa shape index (κ2) is 10.6. The summed E-state index contributed by atoms with van der Waals surface area (Å²) in [6.45, 7) is -1.62. The van der Waals surface area contributed by atoms with Crippen molar-refractivity contribution in [3.05, 3.63) is 50.6 Å². The molecule has 3 amide bonds. The zero-order chi connectivity index (χ0) is 24.1. The molecule has 0 spiro atoms. The highest BCUT2D eigenvalue weighted by atomic mass is 32.2. The lowest BCUT2D eigenvalue weighted by atomic mass is 10.2. The molecule has 8 nitrogen and oxygen atoms in total. The summed E-state index contributed by atoms with van der Waals surface area (Å²) < 4.78 is 34.3. The number of thiophene rings is 1. The average Bonchev–Trinajstić information content (AvgIpc) is 3.35. The molecule has 1 N–H and O–H groups in total. The largest absolute Gasteiger partial charge is 0.493 e. The fraction of sp³-hybridized carbons (Fsp3) is 0.238. The van der Waals surface area contributed by atoms with Crippen LogP contribution in [0.4, 0.5) is 13.6 Å². The number of hydrogen-bond donors (Lipinski definition) is 1. The monoisotopic (exact) mass is 496 g/mol. The molecular weight excluding hydrogens is 478 g/mol. The Morgan fingerprint density at radius 2 is 1.88 bits per heavy atom. The van der Waals surface area contributed by atoms with Gasteiger partial charge in [0.25, 0.3) is 17.1 Å². The number of carbonyl (C=O) groups excluding carboxylic acids is 4. The number of nitrogens with one attached hydrogen (secondary N) is 1. The summed E-state index contributed by atoms with van der Waals surface area (Å²) in [6.07, 6.45) is 1.44. The Kier molecular flexibility index (Phi) is 7.82. The number of thioether (sulfide) groups is 1. The molecule has 0 radical (unpaired) electrons. The summed E-state index contributed by atoms with van der Waals surface area (Å²) in [5, 5.41) is 2.11. The van der Waals surface area contributed by atoms with Crippen LogP contribution in [0, 0.1) is 0 Å². The zero-order valence-electron chi connectivity index (χ0n) is 17.4. The topological polar surface area (TPSA) is 102 Å². The van der Waals surface area contributed by atoms with Gasteiger partial charge in [-0.25, -0.2) is 0 Å². The first kappa shape index (κ1) is 24.4. The fourth-order valence-corrected chi connectivity index (χ4v) is 4.51. The Morgan fingerprint density at radius 1 is 1.15 bits per heavy atom. The van der Waals surface area contributed by atoms with Gasteiger partial charge in [-0.3, -0.25) is 24.1 Å². The molecule has 0 saturated carbocycles. The van der Waals surface area contributed by atoms with E-state index in [4.69, 9.17) is 4.74 Å². The molecule has 1 saturated heterocycles. The molecule has 0 unspecified atom stereocenters. The van der Waals surface area contributed by atoms with Crippen molar-refractivity contribution < 1.29 is 37.4 Å². The van der Waals surface area contributed by atoms with Gasteiger partial charge in [0, 0.05) is 13.1 Å². The molecule has 174 valence electrons. The normalized spacial score (nSPS) is 14.8. The zero-order valence-corrected chi connectivity index (χ0v) is 19.1. The van der Waals surface area contributed by atoms with Crippen LogP contribution >= 0.6 is 23.1 Å². The molecule has 1 aromatic heterocycles. The summed E-state index contributed by atoms with van der Waals surface area (Å²) in [4.78, 5) is 50.4. The van der Waals surface area contributed by atoms with Crippen molar-refractivity contribution in [2.24, 2.45) is 0 Å². The van der Waals surface area contributed by atoms with Gasteiger partial charge in [0.15, 0.2) is 17.3 Å². The van der Waals surface area contributed by atoms with E-state index in [2.05, 4.69) is 10.1 Å². The first-order chi connectivity index (χ1) is 15.7. The van der Waals surface area contributed by atoms with Gasteiger partial charge in [0.2, 0.25) is 0 Å². The Bertz CT molecular complexity index is 1130. The van der Waals surface area contributed by atoms with Crippen molar-refractivity contribution in [3.63, 3.8) is 0 Å². The number of benzene rings is 1. The summed E-state index contributed by atoms with van der Waals surface area (Å²) in [6, 6.07) is 7.22. The lowest BCUT2D eigenvalue weighted by molar-refractivity contribution is -0.122. The molecule has 0 atom stereocenters. The van der Waals surface area contributed by atoms with Crippen LogP contribution in [0.3, 0.4) is 0 Å². The van der Waals surface area contributed by atoms with Gasteiger partial charge in [0.1, 0.15) is 0 Å². The molecule has 33 heavy (non-hydrogen) atoms. The van der Waals surface area contributed by atoms with Crippen molar-refractivity contribution in [2.75, 3.05) is 20.2 Å². The quantitative estimate of drug-likeness (QED) is 0.413. The molecule has 2 heterocycles. The van der Waals surface area contributed by atoms with E-state index in [0.29, 0.717) is 15.3 Å². The first-order valence-corrected chi connectivity index (χ1v) is 11.1. The molecule has 1 fully saturated rings. The first-order valence-electron chi connectivity index (χ1n) is 9.46. The summed E-state index contributed by atoms with van der Waals surface area (Å²) in [5.41, 5.74) is 0.450. The number of carbonyl (C=O) groups is 4. The van der Waals surface area contributed by atoms with Crippen LogP contribution in [0.15, 0.2) is 35.2 Å². The molecular formula is C21H18F2N2O6S2. The standard InChI is InChI=1S/C21H18F2N2O6S2/c1-11(26)15-5-6-16(32-15)18(27)24-7-8-25-19(28)17(33-21(25)29)10-12-3-4-13(31-20(22)23)14(9-12)30-2/h3-6,9-10,20H,7-8H2,1-2H3,(H,24,27)/b17-10-. The van der Waals surface area contributed by atoms with Crippen molar-refractivity contribution >= 4 is 52.0 Å². The summed E-state index contributed by atoms with van der Waals surface area (Å²) in [5.74, 6) is -1.20. The minimum Gasteiger partial charge on any atom is -0.493 e. The van der Waals surface area contributed by atoms with E-state index in [1.54, 1.807) is 6.07 Å². The highest BCUT2D eigenvalue weighted by molar-refractivity contribution is 8.18. The number of nitrogens with zero attached hydrogens (tertiary/aromatic N) is 1. The van der Waals surface area contributed by atoms with Gasteiger partial charge in [-0.1, -0.05) is 6.07 Å². The maximum atomic E-state index is 12.6. The highest BCUT2D eigenvalue weighted by Gasteiger charge is 2.34. The minimum atomic E-state index is -3.02. The molecule has 12 heteroatoms. The van der Waals surface area contributed by atoms with Crippen LogP contribution in [-0.2, 0) is 4.79 Å². The van der Waals surface area contributed by atoms with E-state index in [9.17, 15) is 28.0 Å². The number of ketones is 1. The Hall–Kier alpha value is -3.25. The van der Waals surface area contributed by atoms with Gasteiger partial charge < -0.3 is 14.8 Å². The Morgan fingerprint density at radius 3 is 2.52 bits per heavy atom. The maximum Gasteiger partial charge on any atom is 0.387 e. The number of methoxy groups -OCH3 is 1. The highest BCUT2D eigenvalue weighted by Crippen LogP contribution is 2.34. The molecule has 2 aromatic rings. The van der Waals surface area contributed by atoms with Crippen LogP contribution in [-0.4, -0.2) is 54.5 Å². The third kappa shape index (κ3) is 5.96. The van der Waals surface area contributed by atoms with Crippen molar-refractivity contribution in [1.82, 2.24) is 10.2 Å². The third-order valence-corrected chi connectivity index (χ3v) is 6.47. The lowest BCUT2D eigenvalue weighted by Crippen LogP contribution is -2.37. The van der Waals surface area contributed by atoms with E-state index < -0.39 is 23.7 Å². The van der Waals surface area contributed by atoms with E-state index >= 15 is 0 Å². The second-order valence-electron chi connectivity index (χ2n) is 6.60. The smallest absolute Gasteiger partial charge is 0.387 e. The van der Waals surface area contributed by atoms with Gasteiger partial charge >= 0.3 is 6.61 Å². The van der Waals surface area contributed by atoms with Crippen molar-refractivity contribution in [1.29, 1.82) is 0 Å². The average molecular weight is 497 g/mol. The number of imide groups is 1. The van der Waals surface area contributed by atoms with Gasteiger partial charge in [0.05, 0.1) is 21.8 Å². The maximum absolute atomic E-state index is 12.6. The van der Waals surface area contributed by atoms with Crippen LogP contribution in [0.25, 0.3) is 6.08 Å². The fourth-order valence-electron chi connectivity index (χ4n) is 2.83. The van der Waals surface area contributed by atoms with E-state index in [1.165, 1.54) is 44.4 Å². The summed E-state index contributed by atoms with van der Waals surface area (Å²) in [7, 11) is 1.29. The number of halogens is 2. The van der Waals surface area contributed by atoms with E-state index in [-0.39, 0.29) is 35.3 Å². The molecule has 3 rings (SSSR count). The molecule has 0 aliphatic carbocycles. The second-order valence-corrected chi connectivity index (χ2v) is 8.68. The minimum absolute atomic E-state index is 0.0327. The Balaban J connectivity index is 1.62. The molecule has 0 bridgehead atoms. The number of ether oxygens (including phenoxy) is 2. The third-order valence-electron chi connectivity index (χ3n) is 4.37. The van der Waals surface area contributed by atoms with Gasteiger partial charge in [-0.2, -0.15) is 8.78 Å². The van der Waals surface area contributed by atoms with Crippen molar-refractivity contribution in [2.45, 2.75) is 13.5 Å². The Labute approximate surface area is 195 Å². The van der Waals surface area contributed by atoms with E-state index in [1.807, 2.05) is 0 Å². The predicted molar refractivity (Wildman–Crippen MR) is 119 cm³/mol. The SMILES string of the molecule is COc1cc(/C=C2\SC(=O)N(CCNC(=O)c3ccc(C(C)=O)s3)C2=O)ccc1OC(F)F. The van der Waals surface area contributed by atoms with Gasteiger partial charge in [-0.15, -0.1) is 11.3 Å². The summed E-state index contributed by atoms with van der Waals surface area (Å²) >= 11 is 1.78. The number of Topliss-reactive ketones (excluding diaryl/α,β-unsaturated/α-hetero) is 1. The number of alkyl halides is 2.